The summed E-state index contributed by atoms with van der Waals surface area (Å²) in [5, 5.41) is 11.3. The molecule has 4 N–H and O–H groups in total. The van der Waals surface area contributed by atoms with Gasteiger partial charge in [0.15, 0.2) is 0 Å². The van der Waals surface area contributed by atoms with Crippen molar-refractivity contribution in [2.75, 3.05) is 6.54 Å². The topological polar surface area (TPSA) is 113 Å². The smallest absolute Gasteiger partial charge is 0.326 e. The van der Waals surface area contributed by atoms with Crippen molar-refractivity contribution in [1.82, 2.24) is 10.2 Å². The highest BCUT2D eigenvalue weighted by Gasteiger charge is 2.24. The number of rotatable bonds is 7. The summed E-state index contributed by atoms with van der Waals surface area (Å²) in [7, 11) is 0. The number of nitrogens with zero attached hydrogens (tertiary/aromatic N) is 1. The van der Waals surface area contributed by atoms with Crippen molar-refractivity contribution in [1.29, 1.82) is 0 Å². The van der Waals surface area contributed by atoms with Crippen LogP contribution in [0.25, 0.3) is 0 Å². The Kier molecular flexibility index (Phi) is 6.19. The van der Waals surface area contributed by atoms with E-state index in [0.717, 1.165) is 5.56 Å². The van der Waals surface area contributed by atoms with E-state index in [2.05, 4.69) is 5.32 Å². The van der Waals surface area contributed by atoms with Crippen molar-refractivity contribution in [3.63, 3.8) is 0 Å². The highest BCUT2D eigenvalue weighted by atomic mass is 16.4. The zero-order chi connectivity index (χ0) is 15.8. The van der Waals surface area contributed by atoms with Gasteiger partial charge in [0.2, 0.25) is 5.91 Å². The first-order valence-electron chi connectivity index (χ1n) is 6.54. The lowest BCUT2D eigenvalue weighted by Crippen LogP contribution is -2.49. The number of aliphatic carboxylic acids is 1. The highest BCUT2D eigenvalue weighted by molar-refractivity contribution is 5.87. The van der Waals surface area contributed by atoms with Crippen molar-refractivity contribution in [2.24, 2.45) is 5.73 Å². The van der Waals surface area contributed by atoms with Gasteiger partial charge in [-0.3, -0.25) is 4.79 Å². The molecule has 7 nitrogen and oxygen atoms in total. The van der Waals surface area contributed by atoms with Gasteiger partial charge in [-0.05, 0) is 12.5 Å². The number of carboxylic acid groups (broad SMARTS) is 1. The van der Waals surface area contributed by atoms with Gasteiger partial charge in [0, 0.05) is 13.1 Å². The lowest BCUT2D eigenvalue weighted by atomic mass is 10.2. The van der Waals surface area contributed by atoms with Crippen molar-refractivity contribution in [3.05, 3.63) is 35.9 Å². The molecule has 0 heterocycles. The van der Waals surface area contributed by atoms with Gasteiger partial charge in [0.25, 0.3) is 0 Å². The molecule has 0 aliphatic carbocycles. The Bertz CT molecular complexity index is 504. The first kappa shape index (κ1) is 16.5. The number of hydrogen-bond donors (Lipinski definition) is 3. The number of hydrogen-bond acceptors (Lipinski definition) is 3. The Morgan fingerprint density at radius 2 is 1.90 bits per heavy atom. The molecule has 0 saturated carbocycles. The molecular weight excluding hydrogens is 274 g/mol. The number of primary amides is 1. The second-order valence-electron chi connectivity index (χ2n) is 4.51. The third-order valence-electron chi connectivity index (χ3n) is 2.89. The van der Waals surface area contributed by atoms with Crippen LogP contribution in [0.2, 0.25) is 0 Å². The average Bonchev–Trinajstić information content (AvgIpc) is 2.44. The van der Waals surface area contributed by atoms with E-state index < -0.39 is 30.4 Å². The number of carboxylic acids is 1. The van der Waals surface area contributed by atoms with Crippen LogP contribution in [0.5, 0.6) is 0 Å². The number of carbonyl (C=O) groups is 3. The van der Waals surface area contributed by atoms with E-state index in [-0.39, 0.29) is 0 Å². The largest absolute Gasteiger partial charge is 0.480 e. The molecule has 0 aromatic heterocycles. The summed E-state index contributed by atoms with van der Waals surface area (Å²) in [6.45, 7) is 2.54. The van der Waals surface area contributed by atoms with Gasteiger partial charge in [-0.25, -0.2) is 9.59 Å². The molecule has 1 rings (SSSR count). The van der Waals surface area contributed by atoms with Gasteiger partial charge in [-0.1, -0.05) is 30.3 Å². The maximum absolute atomic E-state index is 12.1. The van der Waals surface area contributed by atoms with Crippen molar-refractivity contribution >= 4 is 17.9 Å². The third-order valence-corrected chi connectivity index (χ3v) is 2.89. The molecule has 3 amide bonds. The number of carbonyl (C=O) groups excluding carboxylic acids is 2. The van der Waals surface area contributed by atoms with E-state index in [9.17, 15) is 14.4 Å². The fourth-order valence-electron chi connectivity index (χ4n) is 1.77. The molecule has 1 atom stereocenters. The molecular formula is C14H19N3O4. The molecule has 0 aliphatic rings. The normalized spacial score (nSPS) is 11.5. The van der Waals surface area contributed by atoms with Crippen LogP contribution in [-0.2, 0) is 16.1 Å². The van der Waals surface area contributed by atoms with Crippen LogP contribution in [-0.4, -0.2) is 40.5 Å². The number of benzene rings is 1. The maximum atomic E-state index is 12.1. The lowest BCUT2D eigenvalue weighted by molar-refractivity contribution is -0.140. The van der Waals surface area contributed by atoms with Crippen molar-refractivity contribution in [2.45, 2.75) is 25.9 Å². The second-order valence-corrected chi connectivity index (χ2v) is 4.51. The van der Waals surface area contributed by atoms with Crippen LogP contribution in [0, 0.1) is 0 Å². The first-order chi connectivity index (χ1) is 9.93. The molecule has 0 spiro atoms. The molecule has 0 saturated heterocycles. The van der Waals surface area contributed by atoms with Gasteiger partial charge in [0.1, 0.15) is 6.04 Å². The summed E-state index contributed by atoms with van der Waals surface area (Å²) in [5.74, 6) is -2.08. The van der Waals surface area contributed by atoms with Gasteiger partial charge < -0.3 is 21.1 Å². The molecule has 114 valence electrons. The monoisotopic (exact) mass is 293 g/mol. The zero-order valence-corrected chi connectivity index (χ0v) is 11.8. The number of amides is 3. The Hall–Kier alpha value is -2.57. The summed E-state index contributed by atoms with van der Waals surface area (Å²) in [6.07, 6.45) is -0.441. The molecule has 0 radical (unpaired) electrons. The van der Waals surface area contributed by atoms with Gasteiger partial charge in [-0.15, -0.1) is 0 Å². The van der Waals surface area contributed by atoms with E-state index in [1.807, 2.05) is 30.3 Å². The molecule has 1 aromatic carbocycles. The molecule has 0 bridgehead atoms. The summed E-state index contributed by atoms with van der Waals surface area (Å²) >= 11 is 0. The quantitative estimate of drug-likeness (QED) is 0.681. The Morgan fingerprint density at radius 3 is 2.38 bits per heavy atom. The molecule has 0 aliphatic heterocycles. The average molecular weight is 293 g/mol. The number of nitrogens with one attached hydrogen (secondary N) is 1. The minimum Gasteiger partial charge on any atom is -0.480 e. The van der Waals surface area contributed by atoms with Crippen molar-refractivity contribution in [3.8, 4) is 0 Å². The molecule has 1 aromatic rings. The van der Waals surface area contributed by atoms with Gasteiger partial charge >= 0.3 is 12.0 Å². The predicted molar refractivity (Wildman–Crippen MR) is 76.3 cm³/mol. The standard InChI is InChI=1S/C14H19N3O4/c1-2-17(9-10-6-4-3-5-7-10)14(21)16-11(13(19)20)8-12(15)18/h3-7,11H,2,8-9H2,1H3,(H2,15,18)(H,16,21)(H,19,20). The van der Waals surface area contributed by atoms with Crippen LogP contribution in [0.4, 0.5) is 4.79 Å². The van der Waals surface area contributed by atoms with E-state index in [1.54, 1.807) is 6.92 Å². The molecule has 0 fully saturated rings. The van der Waals surface area contributed by atoms with Crippen LogP contribution in [0.3, 0.4) is 0 Å². The Labute approximate surface area is 122 Å². The number of nitrogens with two attached hydrogens (primary N) is 1. The second kappa shape index (κ2) is 7.88. The van der Waals surface area contributed by atoms with E-state index in [0.29, 0.717) is 13.1 Å². The first-order valence-corrected chi connectivity index (χ1v) is 6.54. The summed E-state index contributed by atoms with van der Waals surface area (Å²) in [5.41, 5.74) is 5.90. The SMILES string of the molecule is CCN(Cc1ccccc1)C(=O)NC(CC(N)=O)C(=O)O. The minimum absolute atomic E-state index is 0.353. The fraction of sp³-hybridized carbons (Fsp3) is 0.357. The lowest BCUT2D eigenvalue weighted by Gasteiger charge is -2.23. The van der Waals surface area contributed by atoms with Crippen LogP contribution >= 0.6 is 0 Å². The van der Waals surface area contributed by atoms with E-state index in [1.165, 1.54) is 4.90 Å². The summed E-state index contributed by atoms with van der Waals surface area (Å²) in [6, 6.07) is 7.45. The Morgan fingerprint density at radius 1 is 1.29 bits per heavy atom. The molecule has 7 heteroatoms. The summed E-state index contributed by atoms with van der Waals surface area (Å²) in [4.78, 5) is 35.3. The summed E-state index contributed by atoms with van der Waals surface area (Å²) < 4.78 is 0. The van der Waals surface area contributed by atoms with Crippen LogP contribution in [0.1, 0.15) is 18.9 Å². The highest BCUT2D eigenvalue weighted by Crippen LogP contribution is 2.05. The molecule has 1 unspecified atom stereocenters. The minimum atomic E-state index is -1.32. The van der Waals surface area contributed by atoms with Crippen molar-refractivity contribution < 1.29 is 19.5 Å². The van der Waals surface area contributed by atoms with E-state index in [4.69, 9.17) is 10.8 Å². The maximum Gasteiger partial charge on any atom is 0.326 e. The molecule has 21 heavy (non-hydrogen) atoms. The fourth-order valence-corrected chi connectivity index (χ4v) is 1.77. The van der Waals surface area contributed by atoms with Gasteiger partial charge in [-0.2, -0.15) is 0 Å². The van der Waals surface area contributed by atoms with E-state index >= 15 is 0 Å². The third kappa shape index (κ3) is 5.52. The van der Waals surface area contributed by atoms with Crippen LogP contribution < -0.4 is 11.1 Å². The van der Waals surface area contributed by atoms with Crippen LogP contribution in [0.15, 0.2) is 30.3 Å². The Balaban J connectivity index is 2.69. The number of urea groups is 1. The predicted octanol–water partition coefficient (Wildman–Crippen LogP) is 0.547. The zero-order valence-electron chi connectivity index (χ0n) is 11.8. The van der Waals surface area contributed by atoms with Gasteiger partial charge in [0.05, 0.1) is 6.42 Å².